The van der Waals surface area contributed by atoms with Crippen LogP contribution in [-0.4, -0.2) is 11.9 Å². The first-order valence-electron chi connectivity index (χ1n) is 6.11. The quantitative estimate of drug-likeness (QED) is 0.634. The molecule has 0 radical (unpaired) electrons. The lowest BCUT2D eigenvalue weighted by molar-refractivity contribution is -0.137. The summed E-state index contributed by atoms with van der Waals surface area (Å²) in [4.78, 5) is 22.0. The topological polar surface area (TPSA) is 52.6 Å². The molecular formula is C16H14O4. The van der Waals surface area contributed by atoms with E-state index in [0.717, 1.165) is 17.0 Å². The maximum atomic E-state index is 11.1. The predicted octanol–water partition coefficient (Wildman–Crippen LogP) is 3.26. The Balaban J connectivity index is 2.41. The van der Waals surface area contributed by atoms with E-state index in [9.17, 15) is 9.59 Å². The second-order valence-corrected chi connectivity index (χ2v) is 4.25. The Hall–Kier alpha value is -2.62. The van der Waals surface area contributed by atoms with Gasteiger partial charge in [-0.05, 0) is 16.8 Å². The van der Waals surface area contributed by atoms with E-state index in [1.165, 1.54) is 13.8 Å². The molecule has 0 saturated carbocycles. The fraction of sp³-hybridized carbons (Fsp3) is 0.125. The number of carbonyl (C=O) groups is 2. The van der Waals surface area contributed by atoms with Gasteiger partial charge in [0.05, 0.1) is 0 Å². The summed E-state index contributed by atoms with van der Waals surface area (Å²) >= 11 is 0. The number of hydrogen-bond acceptors (Lipinski definition) is 4. The van der Waals surface area contributed by atoms with Crippen molar-refractivity contribution in [3.63, 3.8) is 0 Å². The van der Waals surface area contributed by atoms with Gasteiger partial charge < -0.3 is 9.47 Å². The molecule has 0 aliphatic carbocycles. The lowest BCUT2D eigenvalue weighted by Crippen LogP contribution is -2.01. The maximum Gasteiger partial charge on any atom is 0.308 e. The van der Waals surface area contributed by atoms with Crippen molar-refractivity contribution < 1.29 is 19.1 Å². The molecule has 0 fully saturated rings. The Kier molecular flexibility index (Phi) is 4.15. The summed E-state index contributed by atoms with van der Waals surface area (Å²) in [6.07, 6.45) is 1.15. The number of hydrogen-bond donors (Lipinski definition) is 0. The zero-order chi connectivity index (χ0) is 14.5. The molecule has 4 nitrogen and oxygen atoms in total. The highest BCUT2D eigenvalue weighted by Gasteiger charge is 2.08. The number of carbonyl (C=O) groups excluding carboxylic acids is 2. The Morgan fingerprint density at radius 3 is 2.30 bits per heavy atom. The molecule has 0 bridgehead atoms. The van der Waals surface area contributed by atoms with Gasteiger partial charge >= 0.3 is 11.9 Å². The molecule has 0 aliphatic rings. The summed E-state index contributed by atoms with van der Waals surface area (Å²) < 4.78 is 9.87. The molecule has 20 heavy (non-hydrogen) atoms. The van der Waals surface area contributed by atoms with Gasteiger partial charge in [0, 0.05) is 19.4 Å². The van der Waals surface area contributed by atoms with E-state index in [4.69, 9.17) is 9.47 Å². The lowest BCUT2D eigenvalue weighted by Gasteiger charge is -2.08. The Labute approximate surface area is 116 Å². The van der Waals surface area contributed by atoms with Gasteiger partial charge in [0.15, 0.2) is 5.76 Å². The van der Waals surface area contributed by atoms with Gasteiger partial charge in [-0.3, -0.25) is 9.59 Å². The van der Waals surface area contributed by atoms with Crippen LogP contribution in [0.5, 0.6) is 0 Å². The number of rotatable bonds is 3. The first-order valence-corrected chi connectivity index (χ1v) is 6.11. The number of fused-ring (bicyclic) bond motifs is 1. The van der Waals surface area contributed by atoms with Crippen LogP contribution in [0.2, 0.25) is 0 Å². The molecule has 2 aromatic carbocycles. The predicted molar refractivity (Wildman–Crippen MR) is 75.5 cm³/mol. The van der Waals surface area contributed by atoms with Crippen molar-refractivity contribution in [2.24, 2.45) is 0 Å². The van der Waals surface area contributed by atoms with E-state index >= 15 is 0 Å². The molecule has 0 saturated heterocycles. The van der Waals surface area contributed by atoms with Gasteiger partial charge in [-0.2, -0.15) is 0 Å². The van der Waals surface area contributed by atoms with Crippen LogP contribution in [0.3, 0.4) is 0 Å². The molecule has 2 aromatic rings. The van der Waals surface area contributed by atoms with Gasteiger partial charge in [0.1, 0.15) is 6.26 Å². The first kappa shape index (κ1) is 13.8. The van der Waals surface area contributed by atoms with E-state index < -0.39 is 11.9 Å². The smallest absolute Gasteiger partial charge is 0.308 e. The molecule has 102 valence electrons. The Morgan fingerprint density at radius 1 is 0.950 bits per heavy atom. The fourth-order valence-electron chi connectivity index (χ4n) is 1.78. The molecule has 0 atom stereocenters. The van der Waals surface area contributed by atoms with Crippen molar-refractivity contribution in [1.82, 2.24) is 0 Å². The van der Waals surface area contributed by atoms with Gasteiger partial charge in [0.2, 0.25) is 0 Å². The second kappa shape index (κ2) is 6.02. The molecule has 0 spiro atoms. The fourth-order valence-corrected chi connectivity index (χ4v) is 1.78. The van der Waals surface area contributed by atoms with Crippen LogP contribution < -0.4 is 0 Å². The van der Waals surface area contributed by atoms with Crippen LogP contribution in [0.25, 0.3) is 16.5 Å². The third-order valence-corrected chi connectivity index (χ3v) is 2.62. The van der Waals surface area contributed by atoms with Crippen LogP contribution in [0.1, 0.15) is 19.4 Å². The summed E-state index contributed by atoms with van der Waals surface area (Å²) in [6.45, 7) is 2.57. The van der Waals surface area contributed by atoms with Crippen LogP contribution in [0.15, 0.2) is 48.7 Å². The highest BCUT2D eigenvalue weighted by Crippen LogP contribution is 2.22. The standard InChI is InChI=1S/C16H14O4/c1-11(17)19-10-16(20-12(2)18)15-8-7-13-5-3-4-6-14(13)9-15/h3-10H,1-2H3/b16-10-. The van der Waals surface area contributed by atoms with Crippen molar-refractivity contribution in [2.45, 2.75) is 13.8 Å². The summed E-state index contributed by atoms with van der Waals surface area (Å²) in [7, 11) is 0. The Bertz CT molecular complexity index is 686. The minimum absolute atomic E-state index is 0.207. The zero-order valence-electron chi connectivity index (χ0n) is 11.3. The third-order valence-electron chi connectivity index (χ3n) is 2.62. The molecule has 0 unspecified atom stereocenters. The molecule has 0 heterocycles. The van der Waals surface area contributed by atoms with Crippen molar-refractivity contribution in [1.29, 1.82) is 0 Å². The largest absolute Gasteiger partial charge is 0.431 e. The highest BCUT2D eigenvalue weighted by atomic mass is 16.6. The average molecular weight is 270 g/mol. The van der Waals surface area contributed by atoms with E-state index in [1.54, 1.807) is 6.07 Å². The van der Waals surface area contributed by atoms with Gasteiger partial charge in [-0.1, -0.05) is 36.4 Å². The van der Waals surface area contributed by atoms with Crippen molar-refractivity contribution in [3.05, 3.63) is 54.3 Å². The minimum Gasteiger partial charge on any atom is -0.431 e. The zero-order valence-corrected chi connectivity index (χ0v) is 11.3. The van der Waals surface area contributed by atoms with Crippen molar-refractivity contribution in [3.8, 4) is 0 Å². The summed E-state index contributed by atoms with van der Waals surface area (Å²) in [5.74, 6) is -0.745. The molecule has 0 N–H and O–H groups in total. The van der Waals surface area contributed by atoms with Crippen LogP contribution in [-0.2, 0) is 19.1 Å². The SMILES string of the molecule is CC(=O)O/C=C(\OC(C)=O)c1ccc2ccccc2c1. The minimum atomic E-state index is -0.476. The maximum absolute atomic E-state index is 11.1. The average Bonchev–Trinajstić information content (AvgIpc) is 2.42. The summed E-state index contributed by atoms with van der Waals surface area (Å²) in [6, 6.07) is 13.4. The molecule has 0 aliphatic heterocycles. The number of ether oxygens (including phenoxy) is 2. The number of benzene rings is 2. The van der Waals surface area contributed by atoms with Crippen molar-refractivity contribution >= 4 is 28.5 Å². The van der Waals surface area contributed by atoms with Gasteiger partial charge in [-0.15, -0.1) is 0 Å². The second-order valence-electron chi connectivity index (χ2n) is 4.25. The van der Waals surface area contributed by atoms with Crippen molar-refractivity contribution in [2.75, 3.05) is 0 Å². The van der Waals surface area contributed by atoms with E-state index in [2.05, 4.69) is 0 Å². The molecule has 2 rings (SSSR count). The van der Waals surface area contributed by atoms with E-state index in [0.29, 0.717) is 5.56 Å². The monoisotopic (exact) mass is 270 g/mol. The van der Waals surface area contributed by atoms with E-state index in [1.807, 2.05) is 36.4 Å². The lowest BCUT2D eigenvalue weighted by atomic mass is 10.1. The normalized spacial score (nSPS) is 11.2. The molecule has 0 amide bonds. The third kappa shape index (κ3) is 3.45. The number of esters is 2. The van der Waals surface area contributed by atoms with Crippen LogP contribution in [0.4, 0.5) is 0 Å². The van der Waals surface area contributed by atoms with Gasteiger partial charge in [0.25, 0.3) is 0 Å². The molecular weight excluding hydrogens is 256 g/mol. The van der Waals surface area contributed by atoms with E-state index in [-0.39, 0.29) is 5.76 Å². The highest BCUT2D eigenvalue weighted by molar-refractivity contribution is 5.87. The molecule has 4 heteroatoms. The van der Waals surface area contributed by atoms with Gasteiger partial charge in [-0.25, -0.2) is 0 Å². The van der Waals surface area contributed by atoms with Crippen LogP contribution >= 0.6 is 0 Å². The summed E-state index contributed by atoms with van der Waals surface area (Å²) in [5.41, 5.74) is 0.667. The Morgan fingerprint density at radius 2 is 1.65 bits per heavy atom. The first-order chi connectivity index (χ1) is 9.56. The summed E-state index contributed by atoms with van der Waals surface area (Å²) in [5, 5.41) is 2.08. The molecule has 0 aromatic heterocycles. The van der Waals surface area contributed by atoms with Crippen LogP contribution in [0, 0.1) is 0 Å².